The van der Waals surface area contributed by atoms with E-state index in [0.717, 1.165) is 16.8 Å². The lowest BCUT2D eigenvalue weighted by atomic mass is 9.99. The Morgan fingerprint density at radius 3 is 2.52 bits per heavy atom. The molecule has 128 valence electrons. The SMILES string of the molecule is COC[C@H](NC(=O)c1ccccc1-c1ccccc1)c1ccnn1C. The number of methoxy groups -OCH3 is 1. The Hall–Kier alpha value is -2.92. The van der Waals surface area contributed by atoms with Crippen molar-refractivity contribution < 1.29 is 9.53 Å². The molecule has 3 rings (SSSR count). The minimum Gasteiger partial charge on any atom is -0.382 e. The highest BCUT2D eigenvalue weighted by Crippen LogP contribution is 2.24. The summed E-state index contributed by atoms with van der Waals surface area (Å²) in [5.74, 6) is -0.136. The monoisotopic (exact) mass is 335 g/mol. The summed E-state index contributed by atoms with van der Waals surface area (Å²) in [7, 11) is 3.47. The van der Waals surface area contributed by atoms with Gasteiger partial charge >= 0.3 is 0 Å². The Labute approximate surface area is 147 Å². The van der Waals surface area contributed by atoms with Crippen molar-refractivity contribution in [2.24, 2.45) is 7.05 Å². The Kier molecular flexibility index (Phi) is 5.26. The van der Waals surface area contributed by atoms with Crippen molar-refractivity contribution in [3.05, 3.63) is 78.1 Å². The molecule has 0 bridgehead atoms. The molecule has 0 radical (unpaired) electrons. The summed E-state index contributed by atoms with van der Waals surface area (Å²) < 4.78 is 7.02. The van der Waals surface area contributed by atoms with Crippen molar-refractivity contribution in [2.75, 3.05) is 13.7 Å². The molecule has 0 aliphatic carbocycles. The van der Waals surface area contributed by atoms with Gasteiger partial charge in [-0.1, -0.05) is 48.5 Å². The van der Waals surface area contributed by atoms with Crippen LogP contribution in [0.3, 0.4) is 0 Å². The van der Waals surface area contributed by atoms with Gasteiger partial charge in [0.05, 0.1) is 18.3 Å². The molecule has 1 aromatic heterocycles. The third-order valence-corrected chi connectivity index (χ3v) is 4.11. The van der Waals surface area contributed by atoms with Gasteiger partial charge in [0.15, 0.2) is 0 Å². The number of aromatic nitrogens is 2. The van der Waals surface area contributed by atoms with Crippen LogP contribution in [0.2, 0.25) is 0 Å². The van der Waals surface area contributed by atoms with E-state index in [1.165, 1.54) is 0 Å². The number of hydrogen-bond acceptors (Lipinski definition) is 3. The molecule has 5 nitrogen and oxygen atoms in total. The van der Waals surface area contributed by atoms with Crippen molar-refractivity contribution in [1.82, 2.24) is 15.1 Å². The van der Waals surface area contributed by atoms with E-state index in [0.29, 0.717) is 12.2 Å². The van der Waals surface area contributed by atoms with E-state index < -0.39 is 0 Å². The molecule has 25 heavy (non-hydrogen) atoms. The van der Waals surface area contributed by atoms with Crippen molar-refractivity contribution in [2.45, 2.75) is 6.04 Å². The molecule has 0 saturated carbocycles. The molecular weight excluding hydrogens is 314 g/mol. The lowest BCUT2D eigenvalue weighted by Gasteiger charge is -2.19. The molecule has 1 atom stereocenters. The number of carbonyl (C=O) groups is 1. The van der Waals surface area contributed by atoms with Crippen LogP contribution in [0.4, 0.5) is 0 Å². The lowest BCUT2D eigenvalue weighted by Crippen LogP contribution is -2.33. The minimum atomic E-state index is -0.270. The minimum absolute atomic E-state index is 0.136. The Morgan fingerprint density at radius 1 is 1.12 bits per heavy atom. The summed E-state index contributed by atoms with van der Waals surface area (Å²) in [5.41, 5.74) is 3.45. The molecule has 1 heterocycles. The van der Waals surface area contributed by atoms with Crippen molar-refractivity contribution in [3.8, 4) is 11.1 Å². The van der Waals surface area contributed by atoms with Crippen molar-refractivity contribution in [3.63, 3.8) is 0 Å². The van der Waals surface area contributed by atoms with Gasteiger partial charge in [-0.3, -0.25) is 9.48 Å². The van der Waals surface area contributed by atoms with Gasteiger partial charge in [0, 0.05) is 25.9 Å². The predicted molar refractivity (Wildman–Crippen MR) is 97.2 cm³/mol. The molecule has 5 heteroatoms. The average molecular weight is 335 g/mol. The summed E-state index contributed by atoms with van der Waals surface area (Å²) in [6, 6.07) is 19.1. The van der Waals surface area contributed by atoms with Gasteiger partial charge in [0.1, 0.15) is 0 Å². The highest BCUT2D eigenvalue weighted by molar-refractivity contribution is 6.01. The molecule has 2 aromatic carbocycles. The molecular formula is C20H21N3O2. The average Bonchev–Trinajstić information content (AvgIpc) is 3.08. The fourth-order valence-corrected chi connectivity index (χ4v) is 2.88. The van der Waals surface area contributed by atoms with Gasteiger partial charge in [0.25, 0.3) is 5.91 Å². The molecule has 3 aromatic rings. The summed E-state index contributed by atoms with van der Waals surface area (Å²) >= 11 is 0. The first-order chi connectivity index (χ1) is 12.2. The number of rotatable bonds is 6. The summed E-state index contributed by atoms with van der Waals surface area (Å²) in [4.78, 5) is 12.9. The lowest BCUT2D eigenvalue weighted by molar-refractivity contribution is 0.0893. The first-order valence-electron chi connectivity index (χ1n) is 8.13. The molecule has 0 spiro atoms. The van der Waals surface area contributed by atoms with Crippen molar-refractivity contribution in [1.29, 1.82) is 0 Å². The highest BCUT2D eigenvalue weighted by Gasteiger charge is 2.20. The van der Waals surface area contributed by atoms with E-state index >= 15 is 0 Å². The van der Waals surface area contributed by atoms with Gasteiger partial charge in [-0.2, -0.15) is 5.10 Å². The van der Waals surface area contributed by atoms with Crippen LogP contribution in [0.15, 0.2) is 66.9 Å². The fourth-order valence-electron chi connectivity index (χ4n) is 2.88. The Bertz CT molecular complexity index is 843. The highest BCUT2D eigenvalue weighted by atomic mass is 16.5. The van der Waals surface area contributed by atoms with E-state index in [-0.39, 0.29) is 11.9 Å². The van der Waals surface area contributed by atoms with E-state index in [1.807, 2.05) is 67.7 Å². The second-order valence-corrected chi connectivity index (χ2v) is 5.77. The topological polar surface area (TPSA) is 56.1 Å². The molecule has 1 N–H and O–H groups in total. The van der Waals surface area contributed by atoms with Crippen LogP contribution >= 0.6 is 0 Å². The van der Waals surface area contributed by atoms with Crippen LogP contribution in [0.5, 0.6) is 0 Å². The third kappa shape index (κ3) is 3.78. The number of hydrogen-bond donors (Lipinski definition) is 1. The number of carbonyl (C=O) groups excluding carboxylic acids is 1. The molecule has 0 aliphatic rings. The van der Waals surface area contributed by atoms with Crippen LogP contribution in [0.1, 0.15) is 22.1 Å². The van der Waals surface area contributed by atoms with Crippen molar-refractivity contribution >= 4 is 5.91 Å². The molecule has 0 saturated heterocycles. The number of amides is 1. The summed E-state index contributed by atoms with van der Waals surface area (Å²) in [6.45, 7) is 0.374. The van der Waals surface area contributed by atoms with Gasteiger partial charge in [0.2, 0.25) is 0 Å². The number of benzene rings is 2. The first kappa shape index (κ1) is 16.9. The Balaban J connectivity index is 1.89. The second-order valence-electron chi connectivity index (χ2n) is 5.77. The molecule has 0 unspecified atom stereocenters. The number of nitrogens with zero attached hydrogens (tertiary/aromatic N) is 2. The fraction of sp³-hybridized carbons (Fsp3) is 0.200. The van der Waals surface area contributed by atoms with Crippen LogP contribution in [0.25, 0.3) is 11.1 Å². The zero-order valence-corrected chi connectivity index (χ0v) is 14.3. The third-order valence-electron chi connectivity index (χ3n) is 4.11. The maximum absolute atomic E-state index is 12.9. The molecule has 0 fully saturated rings. The zero-order chi connectivity index (χ0) is 17.6. The van der Waals surface area contributed by atoms with Crippen LogP contribution in [-0.2, 0) is 11.8 Å². The zero-order valence-electron chi connectivity index (χ0n) is 14.3. The van der Waals surface area contributed by atoms with E-state index in [1.54, 1.807) is 18.0 Å². The maximum Gasteiger partial charge on any atom is 0.252 e. The van der Waals surface area contributed by atoms with Crippen LogP contribution < -0.4 is 5.32 Å². The summed E-state index contributed by atoms with van der Waals surface area (Å²) in [6.07, 6.45) is 1.71. The Morgan fingerprint density at radius 2 is 1.84 bits per heavy atom. The normalized spacial score (nSPS) is 11.9. The molecule has 1 amide bonds. The number of aryl methyl sites for hydroxylation is 1. The van der Waals surface area contributed by atoms with E-state index in [2.05, 4.69) is 10.4 Å². The predicted octanol–water partition coefficient (Wildman–Crippen LogP) is 3.20. The molecule has 0 aliphatic heterocycles. The smallest absolute Gasteiger partial charge is 0.252 e. The van der Waals surface area contributed by atoms with E-state index in [9.17, 15) is 4.79 Å². The van der Waals surface area contributed by atoms with Gasteiger partial charge < -0.3 is 10.1 Å². The largest absolute Gasteiger partial charge is 0.382 e. The first-order valence-corrected chi connectivity index (χ1v) is 8.13. The number of nitrogens with one attached hydrogen (secondary N) is 1. The van der Waals surface area contributed by atoms with Crippen LogP contribution in [0, 0.1) is 0 Å². The second kappa shape index (κ2) is 7.77. The van der Waals surface area contributed by atoms with E-state index in [4.69, 9.17) is 4.74 Å². The van der Waals surface area contributed by atoms with Crippen LogP contribution in [-0.4, -0.2) is 29.4 Å². The standard InChI is InChI=1S/C20H21N3O2/c1-23-19(12-13-21-23)18(14-25-2)22-20(24)17-11-7-6-10-16(17)15-8-4-3-5-9-15/h3-13,18H,14H2,1-2H3,(H,22,24)/t18-/m0/s1. The van der Waals surface area contributed by atoms with Gasteiger partial charge in [-0.05, 0) is 23.3 Å². The van der Waals surface area contributed by atoms with Gasteiger partial charge in [-0.15, -0.1) is 0 Å². The number of ether oxygens (including phenoxy) is 1. The maximum atomic E-state index is 12.9. The quantitative estimate of drug-likeness (QED) is 0.752. The summed E-state index contributed by atoms with van der Waals surface area (Å²) in [5, 5.41) is 7.24. The van der Waals surface area contributed by atoms with Gasteiger partial charge in [-0.25, -0.2) is 0 Å².